The Morgan fingerprint density at radius 2 is 1.86 bits per heavy atom. The molecule has 2 atom stereocenters. The third-order valence-electron chi connectivity index (χ3n) is 5.04. The Balaban J connectivity index is 1.89. The Hall–Kier alpha value is -2.54. The lowest BCUT2D eigenvalue weighted by molar-refractivity contribution is -0.123. The average Bonchev–Trinajstić information content (AvgIpc) is 2.60. The monoisotopic (exact) mass is 416 g/mol. The van der Waals surface area contributed by atoms with E-state index < -0.39 is 21.7 Å². The van der Waals surface area contributed by atoms with Gasteiger partial charge in [-0.1, -0.05) is 30.3 Å². The van der Waals surface area contributed by atoms with Crippen LogP contribution in [0.3, 0.4) is 0 Å². The molecule has 0 unspecified atom stereocenters. The molecule has 1 heterocycles. The van der Waals surface area contributed by atoms with E-state index in [1.165, 1.54) is 0 Å². The fourth-order valence-electron chi connectivity index (χ4n) is 3.76. The Kier molecular flexibility index (Phi) is 5.63. The predicted octanol–water partition coefficient (Wildman–Crippen LogP) is 3.57. The van der Waals surface area contributed by atoms with E-state index in [4.69, 9.17) is 4.74 Å². The SMILES string of the molecule is Cc1ccc2c(c1)OC(C)(C)C[C@H]2NC(=O)[C@H](C)N(c1ccccc1)S(C)(=O)=O. The zero-order valence-electron chi connectivity index (χ0n) is 17.5. The lowest BCUT2D eigenvalue weighted by Gasteiger charge is -2.39. The minimum absolute atomic E-state index is 0.263. The molecule has 2 aromatic rings. The van der Waals surface area contributed by atoms with Gasteiger partial charge in [-0.15, -0.1) is 0 Å². The van der Waals surface area contributed by atoms with Crippen molar-refractivity contribution in [2.75, 3.05) is 10.6 Å². The largest absolute Gasteiger partial charge is 0.487 e. The van der Waals surface area contributed by atoms with Crippen molar-refractivity contribution >= 4 is 21.6 Å². The number of para-hydroxylation sites is 1. The van der Waals surface area contributed by atoms with E-state index in [9.17, 15) is 13.2 Å². The Labute approximate surface area is 172 Å². The van der Waals surface area contributed by atoms with Crippen LogP contribution < -0.4 is 14.4 Å². The molecule has 0 fully saturated rings. The molecule has 3 rings (SSSR count). The summed E-state index contributed by atoms with van der Waals surface area (Å²) in [6.07, 6.45) is 1.70. The number of hydrogen-bond acceptors (Lipinski definition) is 4. The lowest BCUT2D eigenvalue weighted by Crippen LogP contribution is -2.50. The maximum atomic E-state index is 13.1. The first-order valence-electron chi connectivity index (χ1n) is 9.62. The third-order valence-corrected chi connectivity index (χ3v) is 6.28. The lowest BCUT2D eigenvalue weighted by atomic mass is 9.89. The van der Waals surface area contributed by atoms with Crippen molar-refractivity contribution in [3.63, 3.8) is 0 Å². The number of carbonyl (C=O) groups is 1. The van der Waals surface area contributed by atoms with Crippen LogP contribution in [-0.4, -0.2) is 32.2 Å². The van der Waals surface area contributed by atoms with E-state index in [0.29, 0.717) is 12.1 Å². The zero-order chi connectivity index (χ0) is 21.4. The highest BCUT2D eigenvalue weighted by Gasteiger charge is 2.37. The highest BCUT2D eigenvalue weighted by atomic mass is 32.2. The van der Waals surface area contributed by atoms with Crippen LogP contribution in [0, 0.1) is 6.92 Å². The van der Waals surface area contributed by atoms with E-state index in [2.05, 4.69) is 5.32 Å². The molecule has 29 heavy (non-hydrogen) atoms. The van der Waals surface area contributed by atoms with E-state index >= 15 is 0 Å². The topological polar surface area (TPSA) is 75.7 Å². The highest BCUT2D eigenvalue weighted by Crippen LogP contribution is 2.40. The quantitative estimate of drug-likeness (QED) is 0.809. The number of aryl methyl sites for hydroxylation is 1. The highest BCUT2D eigenvalue weighted by molar-refractivity contribution is 7.92. The van der Waals surface area contributed by atoms with Gasteiger partial charge in [0.1, 0.15) is 17.4 Å². The first-order valence-corrected chi connectivity index (χ1v) is 11.5. The molecule has 0 radical (unpaired) electrons. The second-order valence-electron chi connectivity index (χ2n) is 8.24. The molecule has 1 aliphatic rings. The van der Waals surface area contributed by atoms with Crippen LogP contribution in [-0.2, 0) is 14.8 Å². The number of benzene rings is 2. The van der Waals surface area contributed by atoms with Crippen LogP contribution >= 0.6 is 0 Å². The molecule has 7 heteroatoms. The summed E-state index contributed by atoms with van der Waals surface area (Å²) in [7, 11) is -3.64. The molecule has 0 aliphatic carbocycles. The van der Waals surface area contributed by atoms with Crippen LogP contribution in [0.25, 0.3) is 0 Å². The summed E-state index contributed by atoms with van der Waals surface area (Å²) in [4.78, 5) is 13.1. The van der Waals surface area contributed by atoms with E-state index in [1.54, 1.807) is 37.3 Å². The van der Waals surface area contributed by atoms with Gasteiger partial charge in [0.2, 0.25) is 15.9 Å². The third kappa shape index (κ3) is 4.72. The van der Waals surface area contributed by atoms with Gasteiger partial charge in [-0.3, -0.25) is 9.10 Å². The molecule has 1 amide bonds. The van der Waals surface area contributed by atoms with Crippen LogP contribution in [0.2, 0.25) is 0 Å². The maximum Gasteiger partial charge on any atom is 0.244 e. The first kappa shape index (κ1) is 21.2. The van der Waals surface area contributed by atoms with Gasteiger partial charge >= 0.3 is 0 Å². The molecule has 2 aromatic carbocycles. The first-order chi connectivity index (χ1) is 13.5. The van der Waals surface area contributed by atoms with Crippen molar-refractivity contribution in [2.24, 2.45) is 0 Å². The number of amides is 1. The Bertz CT molecular complexity index is 1000. The average molecular weight is 417 g/mol. The van der Waals surface area contributed by atoms with E-state index in [0.717, 1.165) is 27.4 Å². The Morgan fingerprint density at radius 1 is 1.21 bits per heavy atom. The van der Waals surface area contributed by atoms with Crippen molar-refractivity contribution in [2.45, 2.75) is 51.8 Å². The van der Waals surface area contributed by atoms with Gasteiger partial charge in [-0.25, -0.2) is 8.42 Å². The van der Waals surface area contributed by atoms with Gasteiger partial charge in [-0.05, 0) is 51.5 Å². The van der Waals surface area contributed by atoms with Gasteiger partial charge in [-0.2, -0.15) is 0 Å². The summed E-state index contributed by atoms with van der Waals surface area (Å²) < 4.78 is 32.1. The van der Waals surface area contributed by atoms with Crippen molar-refractivity contribution in [3.8, 4) is 5.75 Å². The fourth-order valence-corrected chi connectivity index (χ4v) is 4.94. The summed E-state index contributed by atoms with van der Waals surface area (Å²) in [6.45, 7) is 7.55. The summed E-state index contributed by atoms with van der Waals surface area (Å²) in [6, 6.07) is 13.4. The molecular formula is C22H28N2O4S. The summed E-state index contributed by atoms with van der Waals surface area (Å²) >= 11 is 0. The molecular weight excluding hydrogens is 388 g/mol. The zero-order valence-corrected chi connectivity index (χ0v) is 18.3. The van der Waals surface area contributed by atoms with Crippen LogP contribution in [0.4, 0.5) is 5.69 Å². The van der Waals surface area contributed by atoms with Gasteiger partial charge in [0.05, 0.1) is 18.0 Å². The second-order valence-corrected chi connectivity index (χ2v) is 10.1. The summed E-state index contributed by atoms with van der Waals surface area (Å²) in [5.74, 6) is 0.399. The molecule has 1 aliphatic heterocycles. The number of rotatable bonds is 5. The van der Waals surface area contributed by atoms with Gasteiger partial charge in [0.25, 0.3) is 0 Å². The molecule has 1 N–H and O–H groups in total. The molecule has 156 valence electrons. The predicted molar refractivity (Wildman–Crippen MR) is 115 cm³/mol. The van der Waals surface area contributed by atoms with Gasteiger partial charge in [0.15, 0.2) is 0 Å². The number of anilines is 1. The van der Waals surface area contributed by atoms with Crippen LogP contribution in [0.15, 0.2) is 48.5 Å². The van der Waals surface area contributed by atoms with E-state index in [1.807, 2.05) is 39.0 Å². The molecule has 6 nitrogen and oxygen atoms in total. The molecule has 0 bridgehead atoms. The second kappa shape index (κ2) is 7.71. The minimum atomic E-state index is -3.64. The van der Waals surface area contributed by atoms with Crippen molar-refractivity contribution in [3.05, 3.63) is 59.7 Å². The normalized spacial score (nSPS) is 18.9. The number of hydrogen-bond donors (Lipinski definition) is 1. The van der Waals surface area contributed by atoms with Crippen molar-refractivity contribution < 1.29 is 17.9 Å². The Morgan fingerprint density at radius 3 is 2.48 bits per heavy atom. The van der Waals surface area contributed by atoms with Gasteiger partial charge in [0, 0.05) is 12.0 Å². The van der Waals surface area contributed by atoms with Gasteiger partial charge < -0.3 is 10.1 Å². The van der Waals surface area contributed by atoms with Crippen LogP contribution in [0.5, 0.6) is 5.75 Å². The smallest absolute Gasteiger partial charge is 0.244 e. The number of sulfonamides is 1. The summed E-state index contributed by atoms with van der Waals surface area (Å²) in [5, 5.41) is 3.05. The molecule has 0 saturated carbocycles. The van der Waals surface area contributed by atoms with Crippen molar-refractivity contribution in [1.82, 2.24) is 5.32 Å². The number of nitrogens with zero attached hydrogens (tertiary/aromatic N) is 1. The molecule has 0 aromatic heterocycles. The number of nitrogens with one attached hydrogen (secondary N) is 1. The standard InChI is InChI=1S/C22H28N2O4S/c1-15-11-12-18-19(14-22(3,4)28-20(18)13-15)23-21(25)16(2)24(29(5,26)27)17-9-7-6-8-10-17/h6-13,16,19H,14H2,1-5H3,(H,23,25)/t16-,19+/m0/s1. The molecule has 0 saturated heterocycles. The maximum absolute atomic E-state index is 13.1. The minimum Gasteiger partial charge on any atom is -0.487 e. The fraction of sp³-hybridized carbons (Fsp3) is 0.409. The summed E-state index contributed by atoms with van der Waals surface area (Å²) in [5.41, 5.74) is 1.99. The van der Waals surface area contributed by atoms with Crippen molar-refractivity contribution in [1.29, 1.82) is 0 Å². The number of fused-ring (bicyclic) bond motifs is 1. The van der Waals surface area contributed by atoms with Crippen LogP contribution in [0.1, 0.15) is 44.4 Å². The van der Waals surface area contributed by atoms with E-state index in [-0.39, 0.29) is 11.9 Å². The number of carbonyl (C=O) groups excluding carboxylic acids is 1. The molecule has 0 spiro atoms. The number of ether oxygens (including phenoxy) is 1.